The average molecular weight is 250 g/mol. The summed E-state index contributed by atoms with van der Waals surface area (Å²) in [7, 11) is 0.674. The summed E-state index contributed by atoms with van der Waals surface area (Å²) in [6, 6.07) is 5.41. The van der Waals surface area contributed by atoms with E-state index in [4.69, 9.17) is 5.73 Å². The Morgan fingerprint density at radius 1 is 1.47 bits per heavy atom. The maximum Gasteiger partial charge on any atom is 0.0955 e. The lowest BCUT2D eigenvalue weighted by molar-refractivity contribution is 0.681. The van der Waals surface area contributed by atoms with Crippen molar-refractivity contribution in [2.45, 2.75) is 17.6 Å². The van der Waals surface area contributed by atoms with Crippen LogP contribution in [0.3, 0.4) is 0 Å². The molecule has 1 aromatic heterocycles. The van der Waals surface area contributed by atoms with E-state index < -0.39 is 10.8 Å². The monoisotopic (exact) mass is 250 g/mol. The highest BCUT2D eigenvalue weighted by Gasteiger charge is 2.08. The van der Waals surface area contributed by atoms with Gasteiger partial charge in [-0.3, -0.25) is 8.89 Å². The normalized spacial score (nSPS) is 12.6. The molecule has 1 unspecified atom stereocenters. The van der Waals surface area contributed by atoms with Crippen molar-refractivity contribution in [3.8, 4) is 0 Å². The van der Waals surface area contributed by atoms with Gasteiger partial charge in [0.1, 0.15) is 0 Å². The molecule has 0 radical (unpaired) electrons. The first-order valence-electron chi connectivity index (χ1n) is 5.16. The SMILES string of the molecule is Cc1cc(S(=O)Cc2cn(C)nn2)ccc1N. The Hall–Kier alpha value is -1.69. The van der Waals surface area contributed by atoms with Gasteiger partial charge in [-0.15, -0.1) is 5.10 Å². The zero-order chi connectivity index (χ0) is 12.4. The highest BCUT2D eigenvalue weighted by molar-refractivity contribution is 7.84. The fraction of sp³-hybridized carbons (Fsp3) is 0.273. The Morgan fingerprint density at radius 2 is 2.24 bits per heavy atom. The zero-order valence-electron chi connectivity index (χ0n) is 9.75. The second kappa shape index (κ2) is 4.67. The highest BCUT2D eigenvalue weighted by Crippen LogP contribution is 2.17. The van der Waals surface area contributed by atoms with Crippen LogP contribution in [0, 0.1) is 6.92 Å². The lowest BCUT2D eigenvalue weighted by Gasteiger charge is -2.03. The van der Waals surface area contributed by atoms with Crippen molar-refractivity contribution in [1.29, 1.82) is 0 Å². The van der Waals surface area contributed by atoms with E-state index in [1.54, 1.807) is 30.1 Å². The molecule has 6 heteroatoms. The minimum atomic E-state index is -1.11. The lowest BCUT2D eigenvalue weighted by atomic mass is 10.2. The van der Waals surface area contributed by atoms with E-state index in [-0.39, 0.29) is 0 Å². The van der Waals surface area contributed by atoms with Crippen molar-refractivity contribution in [3.05, 3.63) is 35.7 Å². The van der Waals surface area contributed by atoms with E-state index in [2.05, 4.69) is 10.3 Å². The number of rotatable bonds is 3. The van der Waals surface area contributed by atoms with Crippen molar-refractivity contribution in [2.75, 3.05) is 5.73 Å². The van der Waals surface area contributed by atoms with Gasteiger partial charge in [0.2, 0.25) is 0 Å². The fourth-order valence-corrected chi connectivity index (χ4v) is 2.56. The van der Waals surface area contributed by atoms with Gasteiger partial charge in [-0.05, 0) is 30.7 Å². The molecular weight excluding hydrogens is 236 g/mol. The number of nitrogens with two attached hydrogens (primary N) is 1. The quantitative estimate of drug-likeness (QED) is 0.825. The van der Waals surface area contributed by atoms with Gasteiger partial charge >= 0.3 is 0 Å². The summed E-state index contributed by atoms with van der Waals surface area (Å²) in [6.07, 6.45) is 1.77. The summed E-state index contributed by atoms with van der Waals surface area (Å²) in [5, 5.41) is 7.72. The summed E-state index contributed by atoms with van der Waals surface area (Å²) in [5.74, 6) is 0.372. The van der Waals surface area contributed by atoms with E-state index >= 15 is 0 Å². The summed E-state index contributed by atoms with van der Waals surface area (Å²) in [5.41, 5.74) is 8.10. The first-order valence-corrected chi connectivity index (χ1v) is 6.48. The molecule has 0 saturated carbocycles. The van der Waals surface area contributed by atoms with E-state index in [1.807, 2.05) is 13.0 Å². The molecule has 2 N–H and O–H groups in total. The van der Waals surface area contributed by atoms with Crippen molar-refractivity contribution in [2.24, 2.45) is 7.05 Å². The van der Waals surface area contributed by atoms with E-state index in [0.717, 1.165) is 16.2 Å². The number of nitrogen functional groups attached to an aromatic ring is 1. The zero-order valence-corrected chi connectivity index (χ0v) is 10.6. The molecule has 2 rings (SSSR count). The third kappa shape index (κ3) is 2.71. The topological polar surface area (TPSA) is 73.8 Å². The van der Waals surface area contributed by atoms with Gasteiger partial charge in [-0.1, -0.05) is 5.21 Å². The van der Waals surface area contributed by atoms with Crippen LogP contribution >= 0.6 is 0 Å². The molecule has 0 aliphatic carbocycles. The summed E-state index contributed by atoms with van der Waals surface area (Å²) >= 11 is 0. The number of nitrogens with zero attached hydrogens (tertiary/aromatic N) is 3. The number of benzene rings is 1. The summed E-state index contributed by atoms with van der Waals surface area (Å²) in [6.45, 7) is 1.90. The van der Waals surface area contributed by atoms with Crippen molar-refractivity contribution >= 4 is 16.5 Å². The van der Waals surface area contributed by atoms with Crippen LogP contribution < -0.4 is 5.73 Å². The molecule has 5 nitrogen and oxygen atoms in total. The van der Waals surface area contributed by atoms with Gasteiger partial charge in [-0.2, -0.15) is 0 Å². The van der Waals surface area contributed by atoms with E-state index in [1.165, 1.54) is 0 Å². The third-order valence-electron chi connectivity index (χ3n) is 2.43. The van der Waals surface area contributed by atoms with Crippen molar-refractivity contribution in [1.82, 2.24) is 15.0 Å². The maximum atomic E-state index is 12.1. The van der Waals surface area contributed by atoms with Gasteiger partial charge in [0, 0.05) is 23.8 Å². The molecular formula is C11H14N4OS. The maximum absolute atomic E-state index is 12.1. The van der Waals surface area contributed by atoms with Gasteiger partial charge in [-0.25, -0.2) is 0 Å². The molecule has 0 aliphatic heterocycles. The molecule has 2 aromatic rings. The smallest absolute Gasteiger partial charge is 0.0955 e. The van der Waals surface area contributed by atoms with Crippen LogP contribution in [-0.4, -0.2) is 19.2 Å². The second-order valence-corrected chi connectivity index (χ2v) is 5.34. The minimum Gasteiger partial charge on any atom is -0.399 e. The highest BCUT2D eigenvalue weighted by atomic mass is 32.2. The molecule has 1 aromatic carbocycles. The molecule has 1 heterocycles. The largest absolute Gasteiger partial charge is 0.399 e. The lowest BCUT2D eigenvalue weighted by Crippen LogP contribution is -1.99. The Balaban J connectivity index is 2.17. The minimum absolute atomic E-state index is 0.372. The number of anilines is 1. The second-order valence-electron chi connectivity index (χ2n) is 3.89. The molecule has 17 heavy (non-hydrogen) atoms. The predicted molar refractivity (Wildman–Crippen MR) is 66.7 cm³/mol. The Kier molecular flexibility index (Phi) is 3.23. The number of aromatic nitrogens is 3. The molecule has 0 fully saturated rings. The van der Waals surface area contributed by atoms with Gasteiger partial charge in [0.05, 0.1) is 22.2 Å². The van der Waals surface area contributed by atoms with Crippen LogP contribution in [-0.2, 0) is 23.6 Å². The molecule has 0 aliphatic rings. The first kappa shape index (κ1) is 11.8. The van der Waals surface area contributed by atoms with E-state index in [0.29, 0.717) is 11.4 Å². The van der Waals surface area contributed by atoms with Crippen LogP contribution in [0.1, 0.15) is 11.3 Å². The Morgan fingerprint density at radius 3 is 2.82 bits per heavy atom. The van der Waals surface area contributed by atoms with Crippen LogP contribution in [0.25, 0.3) is 0 Å². The first-order chi connectivity index (χ1) is 8.06. The van der Waals surface area contributed by atoms with Gasteiger partial charge < -0.3 is 5.73 Å². The summed E-state index contributed by atoms with van der Waals surface area (Å²) < 4.78 is 13.7. The number of hydrogen-bond acceptors (Lipinski definition) is 4. The molecule has 0 spiro atoms. The van der Waals surface area contributed by atoms with Crippen LogP contribution in [0.4, 0.5) is 5.69 Å². The molecule has 0 bridgehead atoms. The average Bonchev–Trinajstić information content (AvgIpc) is 2.68. The van der Waals surface area contributed by atoms with Gasteiger partial charge in [0.25, 0.3) is 0 Å². The van der Waals surface area contributed by atoms with Crippen LogP contribution in [0.5, 0.6) is 0 Å². The molecule has 0 saturated heterocycles. The standard InChI is InChI=1S/C11H14N4OS/c1-8-5-10(3-4-11(8)12)17(16)7-9-6-15(2)14-13-9/h3-6H,7,12H2,1-2H3. The number of aryl methyl sites for hydroxylation is 2. The number of hydrogen-bond donors (Lipinski definition) is 1. The third-order valence-corrected chi connectivity index (χ3v) is 3.77. The van der Waals surface area contributed by atoms with Crippen LogP contribution in [0.2, 0.25) is 0 Å². The molecule has 90 valence electrons. The van der Waals surface area contributed by atoms with Gasteiger partial charge in [0.15, 0.2) is 0 Å². The fourth-order valence-electron chi connectivity index (χ4n) is 1.47. The van der Waals surface area contributed by atoms with Crippen molar-refractivity contribution < 1.29 is 4.21 Å². The summed E-state index contributed by atoms with van der Waals surface area (Å²) in [4.78, 5) is 0.766. The Labute approximate surface area is 102 Å². The molecule has 1 atom stereocenters. The van der Waals surface area contributed by atoms with Crippen LogP contribution in [0.15, 0.2) is 29.3 Å². The van der Waals surface area contributed by atoms with E-state index in [9.17, 15) is 4.21 Å². The predicted octanol–water partition coefficient (Wildman–Crippen LogP) is 1.01. The molecule has 0 amide bonds. The Bertz CT molecular complexity index is 564. The van der Waals surface area contributed by atoms with Crippen molar-refractivity contribution in [3.63, 3.8) is 0 Å².